The average molecular weight is 257 g/mol. The van der Waals surface area contributed by atoms with Crippen LogP contribution in [0.5, 0.6) is 0 Å². The van der Waals surface area contributed by atoms with E-state index in [0.29, 0.717) is 6.04 Å². The van der Waals surface area contributed by atoms with Gasteiger partial charge in [-0.3, -0.25) is 0 Å². The Morgan fingerprint density at radius 2 is 1.94 bits per heavy atom. The lowest BCUT2D eigenvalue weighted by molar-refractivity contribution is -0.906. The van der Waals surface area contributed by atoms with Gasteiger partial charge >= 0.3 is 0 Å². The average Bonchev–Trinajstić information content (AvgIpc) is 2.33. The molecular weight excluding hydrogens is 224 g/mol. The van der Waals surface area contributed by atoms with Crippen LogP contribution in [0.15, 0.2) is 12.2 Å². The van der Waals surface area contributed by atoms with Crippen molar-refractivity contribution in [3.8, 4) is 0 Å². The highest BCUT2D eigenvalue weighted by atomic mass is 16.6. The first kappa shape index (κ1) is 17.6. The number of hydrogen-bond acceptors (Lipinski definition) is 2. The molecule has 0 amide bonds. The number of hydroxylamine groups is 1. The van der Waals surface area contributed by atoms with E-state index in [2.05, 4.69) is 52.5 Å². The zero-order chi connectivity index (χ0) is 13.9. The Morgan fingerprint density at radius 3 is 2.56 bits per heavy atom. The van der Waals surface area contributed by atoms with E-state index in [1.165, 1.54) is 19.3 Å². The maximum Gasteiger partial charge on any atom is 0.104 e. The summed E-state index contributed by atoms with van der Waals surface area (Å²) in [4.78, 5) is 5.44. The second-order valence-corrected chi connectivity index (χ2v) is 5.57. The highest BCUT2D eigenvalue weighted by Gasteiger charge is 2.20. The summed E-state index contributed by atoms with van der Waals surface area (Å²) in [5.74, 6) is 0. The first-order chi connectivity index (χ1) is 8.54. The molecule has 0 heterocycles. The van der Waals surface area contributed by atoms with E-state index in [9.17, 15) is 0 Å². The number of nitrogens with one attached hydrogen (secondary N) is 1. The van der Waals surface area contributed by atoms with Gasteiger partial charge in [0, 0.05) is 13.0 Å². The van der Waals surface area contributed by atoms with Crippen LogP contribution in [0.2, 0.25) is 0 Å². The SMILES string of the molecule is CC=CC(C)[N+](C)(C)CCCONCCCCC. The summed E-state index contributed by atoms with van der Waals surface area (Å²) < 4.78 is 1.02. The van der Waals surface area contributed by atoms with E-state index < -0.39 is 0 Å². The molecule has 0 aromatic heterocycles. The van der Waals surface area contributed by atoms with Gasteiger partial charge in [0.1, 0.15) is 6.04 Å². The molecule has 0 aromatic rings. The number of quaternary nitrogens is 1. The molecule has 18 heavy (non-hydrogen) atoms. The Labute approximate surface area is 114 Å². The second kappa shape index (κ2) is 10.5. The largest absolute Gasteiger partial charge is 0.323 e. The van der Waals surface area contributed by atoms with Crippen molar-refractivity contribution in [2.24, 2.45) is 0 Å². The van der Waals surface area contributed by atoms with Crippen LogP contribution >= 0.6 is 0 Å². The molecule has 0 aliphatic heterocycles. The summed E-state index contributed by atoms with van der Waals surface area (Å²) in [6, 6.07) is 0.563. The zero-order valence-corrected chi connectivity index (χ0v) is 13.0. The predicted octanol–water partition coefficient (Wildman–Crippen LogP) is 3.13. The van der Waals surface area contributed by atoms with Crippen molar-refractivity contribution in [1.82, 2.24) is 5.48 Å². The van der Waals surface area contributed by atoms with Crippen LogP contribution in [-0.2, 0) is 4.84 Å². The minimum Gasteiger partial charge on any atom is -0.323 e. The number of rotatable bonds is 11. The van der Waals surface area contributed by atoms with E-state index in [-0.39, 0.29) is 0 Å². The molecule has 0 aliphatic carbocycles. The van der Waals surface area contributed by atoms with Crippen LogP contribution in [-0.4, -0.2) is 44.3 Å². The summed E-state index contributed by atoms with van der Waals surface area (Å²) in [7, 11) is 4.55. The monoisotopic (exact) mass is 257 g/mol. The Hall–Kier alpha value is -0.380. The molecule has 0 aliphatic rings. The van der Waals surface area contributed by atoms with E-state index in [1.54, 1.807) is 0 Å². The first-order valence-corrected chi connectivity index (χ1v) is 7.34. The van der Waals surface area contributed by atoms with Crippen LogP contribution in [0, 0.1) is 0 Å². The highest BCUT2D eigenvalue weighted by Crippen LogP contribution is 2.08. The van der Waals surface area contributed by atoms with Gasteiger partial charge in [0.25, 0.3) is 0 Å². The minimum absolute atomic E-state index is 0.563. The molecule has 0 fully saturated rings. The number of hydrogen-bond donors (Lipinski definition) is 1. The molecule has 1 unspecified atom stereocenters. The summed E-state index contributed by atoms with van der Waals surface area (Å²) in [5, 5.41) is 0. The maximum absolute atomic E-state index is 5.44. The van der Waals surface area contributed by atoms with Crippen LogP contribution in [0.3, 0.4) is 0 Å². The Kier molecular flexibility index (Phi) is 10.3. The summed E-state index contributed by atoms with van der Waals surface area (Å²) in [6.07, 6.45) is 9.24. The van der Waals surface area contributed by atoms with Gasteiger partial charge in [0.15, 0.2) is 0 Å². The molecule has 1 atom stereocenters. The molecule has 0 spiro atoms. The van der Waals surface area contributed by atoms with Crippen molar-refractivity contribution in [3.63, 3.8) is 0 Å². The van der Waals surface area contributed by atoms with Crippen LogP contribution < -0.4 is 5.48 Å². The number of unbranched alkanes of at least 4 members (excludes halogenated alkanes) is 2. The van der Waals surface area contributed by atoms with Crippen molar-refractivity contribution >= 4 is 0 Å². The van der Waals surface area contributed by atoms with Gasteiger partial charge in [-0.2, -0.15) is 0 Å². The van der Waals surface area contributed by atoms with Crippen molar-refractivity contribution in [1.29, 1.82) is 0 Å². The van der Waals surface area contributed by atoms with Gasteiger partial charge in [0.2, 0.25) is 0 Å². The van der Waals surface area contributed by atoms with Crippen LogP contribution in [0.1, 0.15) is 46.5 Å². The number of allylic oxidation sites excluding steroid dienone is 1. The molecular formula is C15H33N2O+. The topological polar surface area (TPSA) is 21.3 Å². The molecule has 0 saturated heterocycles. The fourth-order valence-electron chi connectivity index (χ4n) is 1.85. The fraction of sp³-hybridized carbons (Fsp3) is 0.867. The quantitative estimate of drug-likeness (QED) is 0.266. The lowest BCUT2D eigenvalue weighted by Crippen LogP contribution is -2.47. The molecule has 108 valence electrons. The molecule has 0 rings (SSSR count). The normalized spacial score (nSPS) is 14.3. The lowest BCUT2D eigenvalue weighted by Gasteiger charge is -2.34. The van der Waals surface area contributed by atoms with Crippen molar-refractivity contribution in [3.05, 3.63) is 12.2 Å². The minimum atomic E-state index is 0.563. The fourth-order valence-corrected chi connectivity index (χ4v) is 1.85. The predicted molar refractivity (Wildman–Crippen MR) is 79.3 cm³/mol. The molecule has 0 saturated carbocycles. The Morgan fingerprint density at radius 1 is 1.22 bits per heavy atom. The van der Waals surface area contributed by atoms with E-state index >= 15 is 0 Å². The van der Waals surface area contributed by atoms with Gasteiger partial charge in [-0.1, -0.05) is 25.8 Å². The smallest absolute Gasteiger partial charge is 0.104 e. The van der Waals surface area contributed by atoms with Crippen LogP contribution in [0.4, 0.5) is 0 Å². The van der Waals surface area contributed by atoms with Gasteiger partial charge in [0.05, 0.1) is 27.2 Å². The first-order valence-electron chi connectivity index (χ1n) is 7.34. The molecule has 0 aromatic carbocycles. The summed E-state index contributed by atoms with van der Waals surface area (Å²) in [6.45, 7) is 9.48. The Bertz CT molecular complexity index is 215. The molecule has 0 radical (unpaired) electrons. The summed E-state index contributed by atoms with van der Waals surface area (Å²) in [5.41, 5.74) is 3.04. The van der Waals surface area contributed by atoms with Crippen molar-refractivity contribution in [2.75, 3.05) is 33.8 Å². The van der Waals surface area contributed by atoms with Gasteiger partial charge < -0.3 is 9.32 Å². The van der Waals surface area contributed by atoms with Gasteiger partial charge in [-0.15, -0.1) is 0 Å². The number of likely N-dealkylation sites (N-methyl/N-ethyl adjacent to an activating group) is 1. The molecule has 3 nitrogen and oxygen atoms in total. The van der Waals surface area contributed by atoms with E-state index in [0.717, 1.165) is 30.6 Å². The maximum atomic E-state index is 5.44. The second-order valence-electron chi connectivity index (χ2n) is 5.57. The zero-order valence-electron chi connectivity index (χ0n) is 13.0. The lowest BCUT2D eigenvalue weighted by atomic mass is 10.2. The van der Waals surface area contributed by atoms with E-state index in [4.69, 9.17) is 4.84 Å². The molecule has 1 N–H and O–H groups in total. The third-order valence-electron chi connectivity index (χ3n) is 3.54. The molecule has 0 bridgehead atoms. The standard InChI is InChI=1S/C15H33N2O/c1-6-8-9-12-16-18-14-10-13-17(4,5)15(3)11-7-2/h7,11,15-16H,6,8-10,12-14H2,1-5H3/q+1. The van der Waals surface area contributed by atoms with Crippen molar-refractivity contribution < 1.29 is 9.32 Å². The molecule has 3 heteroatoms. The third kappa shape index (κ3) is 8.67. The van der Waals surface area contributed by atoms with Crippen LogP contribution in [0.25, 0.3) is 0 Å². The van der Waals surface area contributed by atoms with E-state index in [1.807, 2.05) is 0 Å². The van der Waals surface area contributed by atoms with Gasteiger partial charge in [-0.05, 0) is 26.3 Å². The number of nitrogens with zero attached hydrogens (tertiary/aromatic N) is 1. The third-order valence-corrected chi connectivity index (χ3v) is 3.54. The van der Waals surface area contributed by atoms with Gasteiger partial charge in [-0.25, -0.2) is 5.48 Å². The summed E-state index contributed by atoms with van der Waals surface area (Å²) >= 11 is 0. The highest BCUT2D eigenvalue weighted by molar-refractivity contribution is 4.83. The van der Waals surface area contributed by atoms with Crippen molar-refractivity contribution in [2.45, 2.75) is 52.5 Å². The Balaban J connectivity index is 3.52.